The molecule has 0 spiro atoms. The first-order valence-corrected chi connectivity index (χ1v) is 6.50. The van der Waals surface area contributed by atoms with Crippen LogP contribution in [0.15, 0.2) is 24.3 Å². The third-order valence-electron chi connectivity index (χ3n) is 3.42. The van der Waals surface area contributed by atoms with Crippen LogP contribution in [0, 0.1) is 0 Å². The smallest absolute Gasteiger partial charge is 0.120 e. The molecule has 0 amide bonds. The lowest BCUT2D eigenvalue weighted by Gasteiger charge is -2.33. The van der Waals surface area contributed by atoms with Gasteiger partial charge < -0.3 is 15.2 Å². The van der Waals surface area contributed by atoms with Crippen LogP contribution in [0.4, 0.5) is 0 Å². The molecular formula is C15H25NO2. The van der Waals surface area contributed by atoms with Gasteiger partial charge in [-0.3, -0.25) is 0 Å². The van der Waals surface area contributed by atoms with Crippen LogP contribution in [0.25, 0.3) is 0 Å². The molecule has 0 aromatic heterocycles. The van der Waals surface area contributed by atoms with Crippen LogP contribution < -0.4 is 10.5 Å². The summed E-state index contributed by atoms with van der Waals surface area (Å²) in [4.78, 5) is 0. The van der Waals surface area contributed by atoms with Crippen molar-refractivity contribution in [1.82, 2.24) is 0 Å². The van der Waals surface area contributed by atoms with E-state index in [0.29, 0.717) is 0 Å². The summed E-state index contributed by atoms with van der Waals surface area (Å²) < 4.78 is 11.2. The maximum atomic E-state index is 6.31. The number of ether oxygens (including phenoxy) is 2. The zero-order chi connectivity index (χ0) is 13.8. The van der Waals surface area contributed by atoms with Gasteiger partial charge in [-0.25, -0.2) is 0 Å². The number of benzene rings is 1. The molecule has 0 aliphatic rings. The average Bonchev–Trinajstić information content (AvgIpc) is 2.36. The minimum absolute atomic E-state index is 0.163. The SMILES string of the molecule is CCC(C)(OC)C(N)c1cccc(OC(C)C)c1. The van der Waals surface area contributed by atoms with Crippen molar-refractivity contribution < 1.29 is 9.47 Å². The molecule has 2 N–H and O–H groups in total. The third kappa shape index (κ3) is 3.47. The Morgan fingerprint density at radius 1 is 1.33 bits per heavy atom. The first-order valence-electron chi connectivity index (χ1n) is 6.50. The molecule has 0 radical (unpaired) electrons. The average molecular weight is 251 g/mol. The quantitative estimate of drug-likeness (QED) is 0.843. The molecule has 18 heavy (non-hydrogen) atoms. The third-order valence-corrected chi connectivity index (χ3v) is 3.42. The number of nitrogens with two attached hydrogens (primary N) is 1. The Bertz CT molecular complexity index is 373. The second-order valence-corrected chi connectivity index (χ2v) is 5.09. The highest BCUT2D eigenvalue weighted by Crippen LogP contribution is 2.31. The second-order valence-electron chi connectivity index (χ2n) is 5.09. The van der Waals surface area contributed by atoms with E-state index in [0.717, 1.165) is 17.7 Å². The van der Waals surface area contributed by atoms with Gasteiger partial charge in [0.25, 0.3) is 0 Å². The van der Waals surface area contributed by atoms with Crippen LogP contribution in [0.1, 0.15) is 45.7 Å². The van der Waals surface area contributed by atoms with E-state index in [1.54, 1.807) is 7.11 Å². The molecule has 3 nitrogen and oxygen atoms in total. The fourth-order valence-electron chi connectivity index (χ4n) is 1.90. The minimum Gasteiger partial charge on any atom is -0.491 e. The van der Waals surface area contributed by atoms with E-state index in [2.05, 4.69) is 6.92 Å². The monoisotopic (exact) mass is 251 g/mol. The van der Waals surface area contributed by atoms with Crippen LogP contribution in [0.2, 0.25) is 0 Å². The van der Waals surface area contributed by atoms with E-state index in [1.165, 1.54) is 0 Å². The minimum atomic E-state index is -0.351. The largest absolute Gasteiger partial charge is 0.491 e. The summed E-state index contributed by atoms with van der Waals surface area (Å²) in [6.45, 7) is 8.14. The standard InChI is InChI=1S/C15H25NO2/c1-6-15(4,17-5)14(16)12-8-7-9-13(10-12)18-11(2)3/h7-11,14H,6,16H2,1-5H3. The maximum Gasteiger partial charge on any atom is 0.120 e. The van der Waals surface area contributed by atoms with E-state index in [4.69, 9.17) is 15.2 Å². The number of hydrogen-bond acceptors (Lipinski definition) is 3. The van der Waals surface area contributed by atoms with Crippen molar-refractivity contribution in [2.24, 2.45) is 5.73 Å². The van der Waals surface area contributed by atoms with Crippen molar-refractivity contribution in [3.63, 3.8) is 0 Å². The van der Waals surface area contributed by atoms with Crippen molar-refractivity contribution in [2.45, 2.75) is 51.9 Å². The van der Waals surface area contributed by atoms with E-state index in [-0.39, 0.29) is 17.7 Å². The molecule has 1 aromatic rings. The Morgan fingerprint density at radius 2 is 2.00 bits per heavy atom. The van der Waals surface area contributed by atoms with Gasteiger partial charge in [0.1, 0.15) is 5.75 Å². The van der Waals surface area contributed by atoms with Gasteiger partial charge in [-0.2, -0.15) is 0 Å². The van der Waals surface area contributed by atoms with Crippen molar-refractivity contribution in [1.29, 1.82) is 0 Å². The Balaban J connectivity index is 2.95. The van der Waals surface area contributed by atoms with E-state index in [9.17, 15) is 0 Å². The molecule has 1 rings (SSSR count). The van der Waals surface area contributed by atoms with E-state index in [1.807, 2.05) is 45.0 Å². The van der Waals surface area contributed by atoms with Crippen LogP contribution >= 0.6 is 0 Å². The lowest BCUT2D eigenvalue weighted by molar-refractivity contribution is -0.0195. The predicted octanol–water partition coefficient (Wildman–Crippen LogP) is 3.29. The number of hydrogen-bond donors (Lipinski definition) is 1. The lowest BCUT2D eigenvalue weighted by Crippen LogP contribution is -2.39. The van der Waals surface area contributed by atoms with Crippen molar-refractivity contribution in [2.75, 3.05) is 7.11 Å². The van der Waals surface area contributed by atoms with Crippen molar-refractivity contribution in [3.8, 4) is 5.75 Å². The van der Waals surface area contributed by atoms with Crippen LogP contribution in [-0.4, -0.2) is 18.8 Å². The Hall–Kier alpha value is -1.06. The summed E-state index contributed by atoms with van der Waals surface area (Å²) in [5, 5.41) is 0. The predicted molar refractivity (Wildman–Crippen MR) is 74.8 cm³/mol. The van der Waals surface area contributed by atoms with Gasteiger partial charge in [-0.15, -0.1) is 0 Å². The normalized spacial score (nSPS) is 16.4. The molecule has 0 saturated heterocycles. The summed E-state index contributed by atoms with van der Waals surface area (Å²) in [5.74, 6) is 0.854. The summed E-state index contributed by atoms with van der Waals surface area (Å²) in [5.41, 5.74) is 7.00. The fourth-order valence-corrected chi connectivity index (χ4v) is 1.90. The first kappa shape index (κ1) is 15.0. The summed E-state index contributed by atoms with van der Waals surface area (Å²) in [7, 11) is 1.71. The molecule has 0 fully saturated rings. The first-order chi connectivity index (χ1) is 8.42. The van der Waals surface area contributed by atoms with Gasteiger partial charge in [0.2, 0.25) is 0 Å². The number of methoxy groups -OCH3 is 1. The molecule has 0 bridgehead atoms. The molecule has 1 aromatic carbocycles. The van der Waals surface area contributed by atoms with Crippen LogP contribution in [0.3, 0.4) is 0 Å². The van der Waals surface area contributed by atoms with Crippen LogP contribution in [-0.2, 0) is 4.74 Å². The second kappa shape index (κ2) is 6.21. The fraction of sp³-hybridized carbons (Fsp3) is 0.600. The van der Waals surface area contributed by atoms with Gasteiger partial charge in [0.15, 0.2) is 0 Å². The highest BCUT2D eigenvalue weighted by atomic mass is 16.5. The molecular weight excluding hydrogens is 226 g/mol. The summed E-state index contributed by atoms with van der Waals surface area (Å²) in [6.07, 6.45) is 1.02. The topological polar surface area (TPSA) is 44.5 Å². The van der Waals surface area contributed by atoms with E-state index < -0.39 is 0 Å². The molecule has 3 heteroatoms. The number of rotatable bonds is 6. The zero-order valence-electron chi connectivity index (χ0n) is 12.1. The molecule has 2 unspecified atom stereocenters. The highest BCUT2D eigenvalue weighted by Gasteiger charge is 2.30. The molecule has 0 heterocycles. The van der Waals surface area contributed by atoms with Crippen LogP contribution in [0.5, 0.6) is 5.75 Å². The summed E-state index contributed by atoms with van der Waals surface area (Å²) >= 11 is 0. The van der Waals surface area contributed by atoms with Crippen molar-refractivity contribution in [3.05, 3.63) is 29.8 Å². The van der Waals surface area contributed by atoms with Crippen molar-refractivity contribution >= 4 is 0 Å². The van der Waals surface area contributed by atoms with Gasteiger partial charge >= 0.3 is 0 Å². The van der Waals surface area contributed by atoms with Gasteiger partial charge in [-0.1, -0.05) is 19.1 Å². The Labute approximate surface area is 110 Å². The maximum absolute atomic E-state index is 6.31. The lowest BCUT2D eigenvalue weighted by atomic mass is 9.88. The Kier molecular flexibility index (Phi) is 5.17. The molecule has 0 aliphatic heterocycles. The molecule has 102 valence electrons. The van der Waals surface area contributed by atoms with Gasteiger partial charge in [0, 0.05) is 7.11 Å². The van der Waals surface area contributed by atoms with Gasteiger partial charge in [0.05, 0.1) is 17.7 Å². The van der Waals surface area contributed by atoms with Gasteiger partial charge in [-0.05, 0) is 44.9 Å². The molecule has 0 saturated carbocycles. The molecule has 2 atom stereocenters. The van der Waals surface area contributed by atoms with E-state index >= 15 is 0 Å². The molecule has 0 aliphatic carbocycles. The summed E-state index contributed by atoms with van der Waals surface area (Å²) in [6, 6.07) is 7.77. The zero-order valence-corrected chi connectivity index (χ0v) is 12.1. The Morgan fingerprint density at radius 3 is 2.50 bits per heavy atom. The highest BCUT2D eigenvalue weighted by molar-refractivity contribution is 5.32.